The first-order chi connectivity index (χ1) is 8.24. The molecule has 0 aliphatic heterocycles. The van der Waals surface area contributed by atoms with E-state index in [0.717, 1.165) is 31.7 Å². The van der Waals surface area contributed by atoms with Crippen LogP contribution in [-0.2, 0) is 4.74 Å². The number of hydrogen-bond donors (Lipinski definition) is 1. The second-order valence-electron chi connectivity index (χ2n) is 4.19. The minimum Gasteiger partial charge on any atom is -0.380 e. The highest BCUT2D eigenvalue weighted by Crippen LogP contribution is 2.12. The Morgan fingerprint density at radius 1 is 1.24 bits per heavy atom. The monoisotopic (exact) mass is 239 g/mol. The van der Waals surface area contributed by atoms with Crippen LogP contribution in [0.2, 0.25) is 0 Å². The van der Waals surface area contributed by atoms with Crippen molar-refractivity contribution in [2.24, 2.45) is 0 Å². The van der Waals surface area contributed by atoms with Gasteiger partial charge in [0.1, 0.15) is 5.82 Å². The standard InChI is InChI=1S/C14H22FNO/c1-3-4-10-17-11-9-16-12(2)13-5-7-14(15)8-6-13/h5-8,12,16H,3-4,9-11H2,1-2H3. The molecule has 1 N–H and O–H groups in total. The van der Waals surface area contributed by atoms with Crippen LogP contribution < -0.4 is 5.32 Å². The van der Waals surface area contributed by atoms with E-state index in [-0.39, 0.29) is 11.9 Å². The van der Waals surface area contributed by atoms with Gasteiger partial charge in [0.2, 0.25) is 0 Å². The second kappa shape index (κ2) is 8.20. The average molecular weight is 239 g/mol. The number of nitrogens with one attached hydrogen (secondary N) is 1. The lowest BCUT2D eigenvalue weighted by Crippen LogP contribution is -2.23. The Morgan fingerprint density at radius 3 is 2.59 bits per heavy atom. The predicted molar refractivity (Wildman–Crippen MR) is 68.5 cm³/mol. The molecule has 0 amide bonds. The zero-order chi connectivity index (χ0) is 12.5. The molecule has 0 bridgehead atoms. The lowest BCUT2D eigenvalue weighted by atomic mass is 10.1. The van der Waals surface area contributed by atoms with Crippen molar-refractivity contribution < 1.29 is 9.13 Å². The molecule has 1 atom stereocenters. The highest BCUT2D eigenvalue weighted by Gasteiger charge is 2.03. The molecule has 0 radical (unpaired) electrons. The SMILES string of the molecule is CCCCOCCNC(C)c1ccc(F)cc1. The summed E-state index contributed by atoms with van der Waals surface area (Å²) in [6, 6.07) is 6.83. The first-order valence-corrected chi connectivity index (χ1v) is 6.30. The molecule has 1 aromatic rings. The van der Waals surface area contributed by atoms with E-state index in [1.807, 2.05) is 12.1 Å². The highest BCUT2D eigenvalue weighted by atomic mass is 19.1. The van der Waals surface area contributed by atoms with Gasteiger partial charge in [0.25, 0.3) is 0 Å². The summed E-state index contributed by atoms with van der Waals surface area (Å²) in [4.78, 5) is 0. The van der Waals surface area contributed by atoms with Gasteiger partial charge >= 0.3 is 0 Å². The molecule has 3 heteroatoms. The summed E-state index contributed by atoms with van der Waals surface area (Å²) < 4.78 is 18.2. The van der Waals surface area contributed by atoms with E-state index < -0.39 is 0 Å². The van der Waals surface area contributed by atoms with Crippen LogP contribution >= 0.6 is 0 Å². The van der Waals surface area contributed by atoms with Gasteiger partial charge in [-0.25, -0.2) is 4.39 Å². The van der Waals surface area contributed by atoms with Gasteiger partial charge in [-0.3, -0.25) is 0 Å². The summed E-state index contributed by atoms with van der Waals surface area (Å²) in [5.74, 6) is -0.191. The Morgan fingerprint density at radius 2 is 1.94 bits per heavy atom. The van der Waals surface area contributed by atoms with Gasteiger partial charge in [-0.2, -0.15) is 0 Å². The Balaban J connectivity index is 2.16. The minimum atomic E-state index is -0.191. The lowest BCUT2D eigenvalue weighted by Gasteiger charge is -2.14. The van der Waals surface area contributed by atoms with Crippen molar-refractivity contribution in [3.05, 3.63) is 35.6 Å². The van der Waals surface area contributed by atoms with E-state index in [4.69, 9.17) is 4.74 Å². The molecule has 2 nitrogen and oxygen atoms in total. The smallest absolute Gasteiger partial charge is 0.123 e. The molecule has 0 saturated carbocycles. The second-order valence-corrected chi connectivity index (χ2v) is 4.19. The van der Waals surface area contributed by atoms with Gasteiger partial charge in [0, 0.05) is 19.2 Å². The third kappa shape index (κ3) is 5.80. The lowest BCUT2D eigenvalue weighted by molar-refractivity contribution is 0.131. The van der Waals surface area contributed by atoms with Crippen molar-refractivity contribution in [1.29, 1.82) is 0 Å². The van der Waals surface area contributed by atoms with E-state index in [2.05, 4.69) is 19.2 Å². The van der Waals surface area contributed by atoms with E-state index in [1.165, 1.54) is 18.6 Å². The van der Waals surface area contributed by atoms with Crippen LogP contribution in [0.3, 0.4) is 0 Å². The van der Waals surface area contributed by atoms with E-state index in [9.17, 15) is 4.39 Å². The number of rotatable bonds is 8. The van der Waals surface area contributed by atoms with Crippen LogP contribution in [0.25, 0.3) is 0 Å². The normalized spacial score (nSPS) is 12.6. The number of ether oxygens (including phenoxy) is 1. The average Bonchev–Trinajstić information content (AvgIpc) is 2.34. The molecule has 0 aromatic heterocycles. The van der Waals surface area contributed by atoms with Crippen molar-refractivity contribution in [3.63, 3.8) is 0 Å². The van der Waals surface area contributed by atoms with Crippen LogP contribution in [-0.4, -0.2) is 19.8 Å². The number of benzene rings is 1. The molecule has 0 aliphatic rings. The molecule has 0 heterocycles. The van der Waals surface area contributed by atoms with Crippen LogP contribution in [0.1, 0.15) is 38.3 Å². The fraction of sp³-hybridized carbons (Fsp3) is 0.571. The van der Waals surface area contributed by atoms with Crippen molar-refractivity contribution in [1.82, 2.24) is 5.32 Å². The van der Waals surface area contributed by atoms with Crippen molar-refractivity contribution in [2.75, 3.05) is 19.8 Å². The summed E-state index contributed by atoms with van der Waals surface area (Å²) in [5.41, 5.74) is 1.10. The van der Waals surface area contributed by atoms with E-state index in [1.54, 1.807) is 0 Å². The van der Waals surface area contributed by atoms with Crippen LogP contribution in [0.4, 0.5) is 4.39 Å². The van der Waals surface area contributed by atoms with Gasteiger partial charge in [-0.15, -0.1) is 0 Å². The summed E-state index contributed by atoms with van der Waals surface area (Å²) in [6.45, 7) is 6.61. The molecule has 0 spiro atoms. The van der Waals surface area contributed by atoms with Crippen LogP contribution in [0.15, 0.2) is 24.3 Å². The molecule has 1 aromatic carbocycles. The van der Waals surface area contributed by atoms with Crippen molar-refractivity contribution in [2.45, 2.75) is 32.7 Å². The zero-order valence-corrected chi connectivity index (χ0v) is 10.7. The van der Waals surface area contributed by atoms with Gasteiger partial charge in [-0.1, -0.05) is 25.5 Å². The van der Waals surface area contributed by atoms with Crippen LogP contribution in [0.5, 0.6) is 0 Å². The largest absolute Gasteiger partial charge is 0.380 e. The quantitative estimate of drug-likeness (QED) is 0.703. The maximum atomic E-state index is 12.7. The summed E-state index contributed by atoms with van der Waals surface area (Å²) in [7, 11) is 0. The summed E-state index contributed by atoms with van der Waals surface area (Å²) in [6.07, 6.45) is 2.28. The maximum Gasteiger partial charge on any atom is 0.123 e. The molecule has 0 aliphatic carbocycles. The number of hydrogen-bond acceptors (Lipinski definition) is 2. The fourth-order valence-electron chi connectivity index (χ4n) is 1.57. The molecule has 17 heavy (non-hydrogen) atoms. The third-order valence-corrected chi connectivity index (χ3v) is 2.71. The Hall–Kier alpha value is -0.930. The summed E-state index contributed by atoms with van der Waals surface area (Å²) >= 11 is 0. The molecular weight excluding hydrogens is 217 g/mol. The Kier molecular flexibility index (Phi) is 6.82. The number of halogens is 1. The molecule has 0 saturated heterocycles. The van der Waals surface area contributed by atoms with Gasteiger partial charge in [-0.05, 0) is 31.0 Å². The highest BCUT2D eigenvalue weighted by molar-refractivity contribution is 5.19. The van der Waals surface area contributed by atoms with Gasteiger partial charge < -0.3 is 10.1 Å². The predicted octanol–water partition coefficient (Wildman–Crippen LogP) is 3.29. The minimum absolute atomic E-state index is 0.191. The first kappa shape index (κ1) is 14.1. The summed E-state index contributed by atoms with van der Waals surface area (Å²) in [5, 5.41) is 3.35. The zero-order valence-electron chi connectivity index (χ0n) is 10.7. The molecule has 1 unspecified atom stereocenters. The Labute approximate surface area is 103 Å². The van der Waals surface area contributed by atoms with Gasteiger partial charge in [0.05, 0.1) is 6.61 Å². The third-order valence-electron chi connectivity index (χ3n) is 2.71. The first-order valence-electron chi connectivity index (χ1n) is 6.30. The van der Waals surface area contributed by atoms with E-state index >= 15 is 0 Å². The van der Waals surface area contributed by atoms with Crippen LogP contribution in [0, 0.1) is 5.82 Å². The van der Waals surface area contributed by atoms with Gasteiger partial charge in [0.15, 0.2) is 0 Å². The molecular formula is C14H22FNO. The molecule has 0 fully saturated rings. The fourth-order valence-corrected chi connectivity index (χ4v) is 1.57. The van der Waals surface area contributed by atoms with E-state index in [0.29, 0.717) is 0 Å². The number of unbranched alkanes of at least 4 members (excludes halogenated alkanes) is 1. The topological polar surface area (TPSA) is 21.3 Å². The molecule has 1 rings (SSSR count). The van der Waals surface area contributed by atoms with Crippen molar-refractivity contribution in [3.8, 4) is 0 Å². The molecule has 96 valence electrons. The maximum absolute atomic E-state index is 12.7. The Bertz CT molecular complexity index is 300. The van der Waals surface area contributed by atoms with Crippen molar-refractivity contribution >= 4 is 0 Å².